The molecule has 1 aliphatic carbocycles. The lowest BCUT2D eigenvalue weighted by Crippen LogP contribution is -2.68. The highest BCUT2D eigenvalue weighted by molar-refractivity contribution is 6.99. The number of Topliss-reactive ketones (excluding diaryl/α,β-unsaturated/α-hetero) is 1. The maximum absolute atomic E-state index is 14.9. The number of carbonyl (C=O) groups is 3. The van der Waals surface area contributed by atoms with Gasteiger partial charge in [-0.25, -0.2) is 9.59 Å². The number of amides is 1. The Bertz CT molecular complexity index is 2510. The normalized spacial score (nSPS) is 30.9. The van der Waals surface area contributed by atoms with E-state index in [9.17, 15) is 24.6 Å². The van der Waals surface area contributed by atoms with Gasteiger partial charge in [-0.2, -0.15) is 0 Å². The van der Waals surface area contributed by atoms with E-state index in [-0.39, 0.29) is 72.4 Å². The van der Waals surface area contributed by atoms with E-state index in [1.807, 2.05) is 55.4 Å². The van der Waals surface area contributed by atoms with Crippen molar-refractivity contribution in [3.05, 3.63) is 84.0 Å². The van der Waals surface area contributed by atoms with Gasteiger partial charge < -0.3 is 57.3 Å². The molecule has 7 rings (SSSR count). The van der Waals surface area contributed by atoms with Gasteiger partial charge >= 0.3 is 12.1 Å². The second-order valence-electron chi connectivity index (χ2n) is 27.9. The molecule has 4 saturated heterocycles. The van der Waals surface area contributed by atoms with Crippen molar-refractivity contribution in [3.63, 3.8) is 0 Å². The number of nitrogens with zero attached hydrogens (tertiary/aromatic N) is 1. The summed E-state index contributed by atoms with van der Waals surface area (Å²) in [6, 6.07) is 20.5. The molecule has 0 bridgehead atoms. The summed E-state index contributed by atoms with van der Waals surface area (Å²) in [6.45, 7) is 26.2. The van der Waals surface area contributed by atoms with E-state index >= 15 is 0 Å². The van der Waals surface area contributed by atoms with Crippen molar-refractivity contribution < 1.29 is 71.7 Å². The molecule has 0 aromatic heterocycles. The number of benzene rings is 2. The minimum absolute atomic E-state index is 0.0282. The molecular formula is C68H105NO15Si. The average molecular weight is 1200 g/mol. The van der Waals surface area contributed by atoms with Crippen LogP contribution in [-0.4, -0.2) is 161 Å². The predicted molar refractivity (Wildman–Crippen MR) is 330 cm³/mol. The third kappa shape index (κ3) is 16.7. The van der Waals surface area contributed by atoms with Crippen molar-refractivity contribution in [2.45, 2.75) is 244 Å². The van der Waals surface area contributed by atoms with Crippen LogP contribution in [0.3, 0.4) is 0 Å². The largest absolute Gasteiger partial charge is 0.456 e. The molecule has 17 heteroatoms. The Hall–Kier alpha value is -3.85. The monoisotopic (exact) mass is 1200 g/mol. The summed E-state index contributed by atoms with van der Waals surface area (Å²) >= 11 is 0. The number of esters is 1. The van der Waals surface area contributed by atoms with Crippen LogP contribution in [0.25, 0.3) is 0 Å². The second-order valence-corrected chi connectivity index (χ2v) is 32.2. The molecule has 0 radical (unpaired) electrons. The zero-order valence-electron chi connectivity index (χ0n) is 54.1. The van der Waals surface area contributed by atoms with Gasteiger partial charge in [0.25, 0.3) is 8.32 Å². The number of allylic oxidation sites excluding steroid dienone is 2. The van der Waals surface area contributed by atoms with Gasteiger partial charge in [-0.3, -0.25) is 9.69 Å². The number of rotatable bonds is 21. The Morgan fingerprint density at radius 2 is 1.51 bits per heavy atom. The van der Waals surface area contributed by atoms with Gasteiger partial charge in [-0.05, 0) is 145 Å². The quantitative estimate of drug-likeness (QED) is 0.0682. The third-order valence-electron chi connectivity index (χ3n) is 18.5. The van der Waals surface area contributed by atoms with Crippen LogP contribution in [0.5, 0.6) is 0 Å². The molecule has 16 nitrogen and oxygen atoms in total. The molecule has 0 unspecified atom stereocenters. The van der Waals surface area contributed by atoms with Crippen LogP contribution < -0.4 is 10.4 Å². The molecule has 476 valence electrons. The summed E-state index contributed by atoms with van der Waals surface area (Å²) in [7, 11) is 2.18. The van der Waals surface area contributed by atoms with E-state index in [2.05, 4.69) is 107 Å². The lowest BCUT2D eigenvalue weighted by molar-refractivity contribution is -0.419. The number of aliphatic hydroxyl groups excluding tert-OH is 2. The van der Waals surface area contributed by atoms with Crippen LogP contribution in [-0.2, 0) is 56.6 Å². The molecule has 4 heterocycles. The van der Waals surface area contributed by atoms with E-state index in [0.717, 1.165) is 36.8 Å². The number of methoxy groups -OCH3 is 3. The number of aliphatic hydroxyl groups is 2. The first-order chi connectivity index (χ1) is 40.1. The summed E-state index contributed by atoms with van der Waals surface area (Å²) in [6.07, 6.45) is 5.93. The molecule has 1 spiro atoms. The van der Waals surface area contributed by atoms with E-state index in [1.54, 1.807) is 21.3 Å². The van der Waals surface area contributed by atoms with Crippen molar-refractivity contribution in [1.82, 2.24) is 4.90 Å². The molecule has 4 aliphatic heterocycles. The van der Waals surface area contributed by atoms with Crippen molar-refractivity contribution in [2.24, 2.45) is 29.6 Å². The van der Waals surface area contributed by atoms with Gasteiger partial charge in [-0.15, -0.1) is 0 Å². The fourth-order valence-corrected chi connectivity index (χ4v) is 19.2. The smallest absolute Gasteiger partial charge is 0.411 e. The Morgan fingerprint density at radius 1 is 0.859 bits per heavy atom. The highest BCUT2D eigenvalue weighted by Crippen LogP contribution is 2.48. The average Bonchev–Trinajstić information content (AvgIpc) is 1.16. The van der Waals surface area contributed by atoms with Gasteiger partial charge in [0.05, 0.1) is 43.2 Å². The summed E-state index contributed by atoms with van der Waals surface area (Å²) in [4.78, 5) is 43.7. The summed E-state index contributed by atoms with van der Waals surface area (Å²) in [5, 5.41) is 22.7. The molecule has 1 saturated carbocycles. The minimum Gasteiger partial charge on any atom is -0.456 e. The van der Waals surface area contributed by atoms with Gasteiger partial charge in [0.15, 0.2) is 17.4 Å². The fraction of sp³-hybridized carbons (Fsp3) is 0.721. The Morgan fingerprint density at radius 3 is 2.09 bits per heavy atom. The molecular weight excluding hydrogens is 1100 g/mol. The molecule has 16 atom stereocenters. The highest BCUT2D eigenvalue weighted by Gasteiger charge is 2.57. The van der Waals surface area contributed by atoms with E-state index in [4.69, 9.17) is 47.1 Å². The van der Waals surface area contributed by atoms with Crippen LogP contribution in [0.15, 0.2) is 84.0 Å². The van der Waals surface area contributed by atoms with Gasteiger partial charge in [0, 0.05) is 52.6 Å². The van der Waals surface area contributed by atoms with Gasteiger partial charge in [0.1, 0.15) is 36.6 Å². The van der Waals surface area contributed by atoms with Crippen molar-refractivity contribution >= 4 is 36.5 Å². The molecule has 5 fully saturated rings. The minimum atomic E-state index is -2.91. The molecule has 2 aromatic carbocycles. The zero-order valence-corrected chi connectivity index (χ0v) is 55.1. The number of hydrogen-bond donors (Lipinski definition) is 2. The molecule has 85 heavy (non-hydrogen) atoms. The second kappa shape index (κ2) is 29.2. The lowest BCUT2D eigenvalue weighted by Gasteiger charge is -2.53. The summed E-state index contributed by atoms with van der Waals surface area (Å²) < 4.78 is 65.8. The lowest BCUT2D eigenvalue weighted by atomic mass is 9.78. The van der Waals surface area contributed by atoms with Gasteiger partial charge in [0.2, 0.25) is 0 Å². The first-order valence-corrected chi connectivity index (χ1v) is 33.4. The molecule has 2 aromatic rings. The van der Waals surface area contributed by atoms with Crippen LogP contribution in [0.2, 0.25) is 5.04 Å². The first-order valence-electron chi connectivity index (χ1n) is 31.5. The Balaban J connectivity index is 1.17. The van der Waals surface area contributed by atoms with Crippen LogP contribution in [0.4, 0.5) is 4.79 Å². The van der Waals surface area contributed by atoms with Crippen molar-refractivity contribution in [2.75, 3.05) is 41.1 Å². The van der Waals surface area contributed by atoms with Gasteiger partial charge in [-0.1, -0.05) is 120 Å². The van der Waals surface area contributed by atoms with Crippen molar-refractivity contribution in [3.8, 4) is 0 Å². The van der Waals surface area contributed by atoms with Crippen LogP contribution in [0, 0.1) is 29.6 Å². The topological polar surface area (TPSA) is 187 Å². The molecule has 1 amide bonds. The first kappa shape index (κ1) is 68.6. The number of carbonyl (C=O) groups excluding carboxylic acids is 3. The maximum Gasteiger partial charge on any atom is 0.411 e. The SMILES string of the molecule is CO[C@@H](C[C@@H](C)C/C(C)=C/[C@H]1CC(=O)CO[C@@]12C[C@@H]([C@@H](C)[C@H](OC(=O)[C@@H]1CCCCN1C(=O)OC(C)(C)C)/C(C)=C/[C@@H]1CC[C@@H](O[Si](c3ccccc3)(c3ccccc3)C(C)(C)C)[C@H](OC)C1)OC(C)(C)O2)[C@H]1O[C@@H]([C@@H](O)CO)[C@H](C)C[C@@H]1OC. The Kier molecular flexibility index (Phi) is 23.6. The predicted octanol–water partition coefficient (Wildman–Crippen LogP) is 10.4. The van der Waals surface area contributed by atoms with E-state index in [1.165, 1.54) is 15.3 Å². The highest BCUT2D eigenvalue weighted by atomic mass is 28.4. The molecule has 5 aliphatic rings. The van der Waals surface area contributed by atoms with Crippen LogP contribution >= 0.6 is 0 Å². The standard InChI is InChI=1S/C68H105NO15Si/c1-43(33-44(2)35-57(76-15)62-58(77-16)37-46(4)61(79-62)54(72)41-70)34-49-39-50(71)42-78-68(49)40-59(81-67(12,13)84-68)47(5)60(80-63(73)53-29-23-24-32-69(53)64(74)82-65(6,7)8)45(3)36-48-30-31-55(56(38-48)75-14)83-85(66(9,10)11,51-25-19-17-20-26-51)52-27-21-18-22-28-52/h17-22,25-28,34,36,44,46-49,53-62,70,72H,23-24,29-33,35,37-42H2,1-16H3/b43-34+,45-36+/t44-,46+,47+,48-,49-,53-,54-,55+,56+,57-,58-,59-,60+,61+,62+,68+/m0/s1. The van der Waals surface area contributed by atoms with Crippen LogP contribution in [0.1, 0.15) is 161 Å². The number of likely N-dealkylation sites (tertiary alicyclic amines) is 1. The number of piperidine rings is 1. The third-order valence-corrected chi connectivity index (χ3v) is 23.5. The number of ether oxygens (including phenoxy) is 9. The Labute approximate surface area is 509 Å². The number of hydrogen-bond acceptors (Lipinski definition) is 15. The van der Waals surface area contributed by atoms with E-state index in [0.29, 0.717) is 38.6 Å². The number of ketones is 1. The summed E-state index contributed by atoms with van der Waals surface area (Å²) in [5.74, 6) is -3.82. The van der Waals surface area contributed by atoms with E-state index < -0.39 is 92.6 Å². The molecule has 2 N–H and O–H groups in total. The maximum atomic E-state index is 14.9. The van der Waals surface area contributed by atoms with Crippen molar-refractivity contribution in [1.29, 1.82) is 0 Å². The fourth-order valence-electron chi connectivity index (χ4n) is 14.5. The summed E-state index contributed by atoms with van der Waals surface area (Å²) in [5.41, 5.74) is 1.14. The zero-order chi connectivity index (χ0) is 62.2.